The number of benzene rings is 1. The third kappa shape index (κ3) is 6.43. The lowest BCUT2D eigenvalue weighted by Crippen LogP contribution is -2.37. The molecule has 3 aromatic rings. The van der Waals surface area contributed by atoms with Gasteiger partial charge in [-0.15, -0.1) is 24.0 Å². The monoisotopic (exact) mass is 524 g/mol. The predicted octanol–water partition coefficient (Wildman–Crippen LogP) is 4.41. The summed E-state index contributed by atoms with van der Waals surface area (Å²) >= 11 is 5.84. The zero-order valence-electron chi connectivity index (χ0n) is 16.8. The van der Waals surface area contributed by atoms with Crippen molar-refractivity contribution < 1.29 is 0 Å². The Morgan fingerprint density at radius 3 is 2.59 bits per heavy atom. The molecule has 3 rings (SSSR count). The quantitative estimate of drug-likeness (QED) is 0.217. The Hall–Kier alpha value is -2.13. The van der Waals surface area contributed by atoms with Crippen molar-refractivity contribution in [1.82, 2.24) is 25.4 Å². The van der Waals surface area contributed by atoms with Gasteiger partial charge in [0.05, 0.1) is 17.9 Å². The highest BCUT2D eigenvalue weighted by atomic mass is 127. The van der Waals surface area contributed by atoms with E-state index in [-0.39, 0.29) is 24.0 Å². The molecule has 0 radical (unpaired) electrons. The molecular formula is C21H26ClIN6. The minimum Gasteiger partial charge on any atom is -0.357 e. The molecule has 0 atom stereocenters. The van der Waals surface area contributed by atoms with Gasteiger partial charge in [0.15, 0.2) is 5.96 Å². The van der Waals surface area contributed by atoms with Gasteiger partial charge in [0.2, 0.25) is 0 Å². The molecule has 2 N–H and O–H groups in total. The van der Waals surface area contributed by atoms with E-state index in [0.717, 1.165) is 40.7 Å². The van der Waals surface area contributed by atoms with E-state index in [4.69, 9.17) is 11.6 Å². The Balaban J connectivity index is 0.00000300. The van der Waals surface area contributed by atoms with E-state index in [1.165, 1.54) is 0 Å². The molecule has 0 saturated heterocycles. The van der Waals surface area contributed by atoms with Gasteiger partial charge in [-0.3, -0.25) is 0 Å². The van der Waals surface area contributed by atoms with Gasteiger partial charge in [0.25, 0.3) is 0 Å². The lowest BCUT2D eigenvalue weighted by molar-refractivity contribution is 0.783. The average Bonchev–Trinajstić information content (AvgIpc) is 3.03. The Morgan fingerprint density at radius 1 is 1.14 bits per heavy atom. The smallest absolute Gasteiger partial charge is 0.191 e. The van der Waals surface area contributed by atoms with Crippen molar-refractivity contribution >= 4 is 41.5 Å². The summed E-state index contributed by atoms with van der Waals surface area (Å²) in [6.07, 6.45) is 1.74. The maximum Gasteiger partial charge on any atom is 0.191 e. The van der Waals surface area contributed by atoms with Gasteiger partial charge in [0, 0.05) is 25.0 Å². The SMILES string of the molecule is CCNC(=NCc1ccc(Cl)nc1)NCc1ccccc1-n1nc(C)cc1C.I. The van der Waals surface area contributed by atoms with Crippen LogP contribution in [0, 0.1) is 13.8 Å². The number of aryl methyl sites for hydroxylation is 2. The second-order valence-corrected chi connectivity index (χ2v) is 6.89. The summed E-state index contributed by atoms with van der Waals surface area (Å²) < 4.78 is 1.98. The number of halogens is 2. The standard InChI is InChI=1S/C21H25ClN6.HI/c1-4-23-21(25-13-17-9-10-20(22)24-12-17)26-14-18-7-5-6-8-19(18)28-16(3)11-15(2)27-28;/h5-12H,4,13-14H2,1-3H3,(H2,23,25,26);1H. The third-order valence-corrected chi connectivity index (χ3v) is 4.45. The molecule has 29 heavy (non-hydrogen) atoms. The summed E-state index contributed by atoms with van der Waals surface area (Å²) in [6, 6.07) is 14.0. The Labute approximate surface area is 193 Å². The maximum absolute atomic E-state index is 5.84. The molecule has 0 aliphatic heterocycles. The minimum atomic E-state index is 0. The van der Waals surface area contributed by atoms with Crippen LogP contribution < -0.4 is 10.6 Å². The normalized spacial score (nSPS) is 11.1. The topological polar surface area (TPSA) is 67.1 Å². The Morgan fingerprint density at radius 2 is 1.93 bits per heavy atom. The number of hydrogen-bond donors (Lipinski definition) is 2. The highest BCUT2D eigenvalue weighted by molar-refractivity contribution is 14.0. The largest absolute Gasteiger partial charge is 0.357 e. The van der Waals surface area contributed by atoms with E-state index in [1.54, 1.807) is 12.3 Å². The third-order valence-electron chi connectivity index (χ3n) is 4.23. The zero-order chi connectivity index (χ0) is 19.9. The van der Waals surface area contributed by atoms with Crippen molar-refractivity contribution in [3.63, 3.8) is 0 Å². The Kier molecular flexibility index (Phi) is 8.91. The van der Waals surface area contributed by atoms with Gasteiger partial charge in [-0.2, -0.15) is 5.10 Å². The van der Waals surface area contributed by atoms with Crippen LogP contribution in [0.15, 0.2) is 53.7 Å². The number of pyridine rings is 1. The number of hydrogen-bond acceptors (Lipinski definition) is 3. The van der Waals surface area contributed by atoms with Crippen LogP contribution >= 0.6 is 35.6 Å². The zero-order valence-corrected chi connectivity index (χ0v) is 19.9. The number of para-hydroxylation sites is 1. The van der Waals surface area contributed by atoms with E-state index in [1.807, 2.05) is 36.7 Å². The van der Waals surface area contributed by atoms with Crippen LogP contribution in [0.3, 0.4) is 0 Å². The van der Waals surface area contributed by atoms with E-state index >= 15 is 0 Å². The van der Waals surface area contributed by atoms with Crippen LogP contribution in [0.5, 0.6) is 0 Å². The highest BCUT2D eigenvalue weighted by Crippen LogP contribution is 2.17. The molecule has 0 aliphatic rings. The van der Waals surface area contributed by atoms with Gasteiger partial charge in [-0.1, -0.05) is 35.9 Å². The first-order chi connectivity index (χ1) is 13.6. The molecule has 8 heteroatoms. The number of aromatic nitrogens is 3. The van der Waals surface area contributed by atoms with Gasteiger partial charge in [-0.25, -0.2) is 14.7 Å². The number of aliphatic imine (C=N–C) groups is 1. The van der Waals surface area contributed by atoms with Crippen LogP contribution in [0.2, 0.25) is 5.15 Å². The lowest BCUT2D eigenvalue weighted by atomic mass is 10.1. The molecule has 0 aliphatic carbocycles. The van der Waals surface area contributed by atoms with Gasteiger partial charge < -0.3 is 10.6 Å². The van der Waals surface area contributed by atoms with Gasteiger partial charge in [-0.05, 0) is 50.1 Å². The summed E-state index contributed by atoms with van der Waals surface area (Å²) in [4.78, 5) is 8.74. The molecule has 2 heterocycles. The lowest BCUT2D eigenvalue weighted by Gasteiger charge is -2.15. The highest BCUT2D eigenvalue weighted by Gasteiger charge is 2.09. The second kappa shape index (κ2) is 11.2. The first kappa shape index (κ1) is 23.2. The number of nitrogens with zero attached hydrogens (tertiary/aromatic N) is 4. The Bertz CT molecular complexity index is 952. The maximum atomic E-state index is 5.84. The molecule has 0 bridgehead atoms. The van der Waals surface area contributed by atoms with Crippen molar-refractivity contribution in [3.8, 4) is 5.69 Å². The molecule has 2 aromatic heterocycles. The van der Waals surface area contributed by atoms with Crippen LogP contribution in [0.25, 0.3) is 5.69 Å². The van der Waals surface area contributed by atoms with Crippen molar-refractivity contribution in [1.29, 1.82) is 0 Å². The van der Waals surface area contributed by atoms with Gasteiger partial charge >= 0.3 is 0 Å². The summed E-state index contributed by atoms with van der Waals surface area (Å²) in [5.41, 5.74) is 5.34. The van der Waals surface area contributed by atoms with E-state index in [0.29, 0.717) is 18.2 Å². The minimum absolute atomic E-state index is 0. The average molecular weight is 525 g/mol. The molecular weight excluding hydrogens is 499 g/mol. The molecule has 0 saturated carbocycles. The van der Waals surface area contributed by atoms with Crippen LogP contribution in [0.1, 0.15) is 29.4 Å². The molecule has 1 aromatic carbocycles. The summed E-state index contributed by atoms with van der Waals surface area (Å²) in [5, 5.41) is 11.8. The van der Waals surface area contributed by atoms with Crippen molar-refractivity contribution in [3.05, 3.63) is 76.3 Å². The molecule has 0 fully saturated rings. The van der Waals surface area contributed by atoms with E-state index in [9.17, 15) is 0 Å². The van der Waals surface area contributed by atoms with Crippen molar-refractivity contribution in [2.75, 3.05) is 6.54 Å². The van der Waals surface area contributed by atoms with Crippen LogP contribution in [-0.2, 0) is 13.1 Å². The predicted molar refractivity (Wildman–Crippen MR) is 129 cm³/mol. The fraction of sp³-hybridized carbons (Fsp3) is 0.286. The number of rotatable bonds is 6. The van der Waals surface area contributed by atoms with Crippen molar-refractivity contribution in [2.24, 2.45) is 4.99 Å². The summed E-state index contributed by atoms with van der Waals surface area (Å²) in [5.74, 6) is 0.751. The number of guanidine groups is 1. The van der Waals surface area contributed by atoms with Gasteiger partial charge in [0.1, 0.15) is 5.15 Å². The fourth-order valence-corrected chi connectivity index (χ4v) is 3.04. The molecule has 6 nitrogen and oxygen atoms in total. The van der Waals surface area contributed by atoms with Crippen molar-refractivity contribution in [2.45, 2.75) is 33.9 Å². The first-order valence-electron chi connectivity index (χ1n) is 9.31. The summed E-state index contributed by atoms with van der Waals surface area (Å²) in [7, 11) is 0. The fourth-order valence-electron chi connectivity index (χ4n) is 2.93. The van der Waals surface area contributed by atoms with Crippen LogP contribution in [0.4, 0.5) is 0 Å². The number of nitrogens with one attached hydrogen (secondary N) is 2. The second-order valence-electron chi connectivity index (χ2n) is 6.51. The molecule has 0 amide bonds. The molecule has 0 unspecified atom stereocenters. The van der Waals surface area contributed by atoms with E-state index < -0.39 is 0 Å². The summed E-state index contributed by atoms with van der Waals surface area (Å²) in [6.45, 7) is 8.06. The van der Waals surface area contributed by atoms with E-state index in [2.05, 4.69) is 50.8 Å². The first-order valence-corrected chi connectivity index (χ1v) is 9.68. The van der Waals surface area contributed by atoms with Crippen LogP contribution in [-0.4, -0.2) is 27.3 Å². The molecule has 0 spiro atoms. The molecule has 154 valence electrons.